The molecule has 0 saturated carbocycles. The van der Waals surface area contributed by atoms with Gasteiger partial charge in [0.1, 0.15) is 11.4 Å². The molecule has 0 amide bonds. The average molecular weight is 362 g/mol. The van der Waals surface area contributed by atoms with Crippen LogP contribution in [0.2, 0.25) is 0 Å². The number of nitrogens with zero attached hydrogens (tertiary/aromatic N) is 4. The number of aliphatic imine (C=N–C) groups is 3. The standard InChI is InChI=1S/C18H20F2N4S/c1-13-23-18(14-3-5-16(19)6-4-14)11-24(9-15(18)10-25-13)12-22-8-17(20)7-21-2/h3-8,15H,2,9-12H2,1H3/b17-7+,22-8-. The molecule has 1 fully saturated rings. The number of hydrogen-bond acceptors (Lipinski definition) is 5. The number of halogens is 2. The predicted octanol–water partition coefficient (Wildman–Crippen LogP) is 3.66. The second-order valence-electron chi connectivity index (χ2n) is 6.23. The van der Waals surface area contributed by atoms with Crippen molar-refractivity contribution in [1.82, 2.24) is 4.90 Å². The van der Waals surface area contributed by atoms with Gasteiger partial charge in [0.2, 0.25) is 0 Å². The van der Waals surface area contributed by atoms with Crippen LogP contribution in [0.15, 0.2) is 51.3 Å². The van der Waals surface area contributed by atoms with E-state index in [1.807, 2.05) is 19.1 Å². The Kier molecular flexibility index (Phi) is 5.44. The summed E-state index contributed by atoms with van der Waals surface area (Å²) >= 11 is 1.75. The smallest absolute Gasteiger partial charge is 0.159 e. The Labute approximate surface area is 150 Å². The third-order valence-electron chi connectivity index (χ3n) is 4.52. The SMILES string of the molecule is C=N/C=C(F)\C=N/CN1CC2CSC(C)=NC2(c2ccc(F)cc2)C1. The first-order valence-electron chi connectivity index (χ1n) is 8.02. The van der Waals surface area contributed by atoms with Gasteiger partial charge in [-0.25, -0.2) is 8.78 Å². The highest BCUT2D eigenvalue weighted by Crippen LogP contribution is 2.45. The molecule has 1 aromatic rings. The first-order valence-corrected chi connectivity index (χ1v) is 9.01. The minimum absolute atomic E-state index is 0.250. The average Bonchev–Trinajstić information content (AvgIpc) is 2.94. The van der Waals surface area contributed by atoms with Crippen LogP contribution in [0.1, 0.15) is 12.5 Å². The Balaban J connectivity index is 1.82. The van der Waals surface area contributed by atoms with Gasteiger partial charge in [0.15, 0.2) is 5.83 Å². The molecule has 7 heteroatoms. The molecule has 0 aromatic heterocycles. The second kappa shape index (κ2) is 7.58. The van der Waals surface area contributed by atoms with Gasteiger partial charge in [0, 0.05) is 24.8 Å². The van der Waals surface area contributed by atoms with Crippen molar-refractivity contribution in [3.05, 3.63) is 47.7 Å². The Bertz CT molecular complexity index is 729. The second-order valence-corrected chi connectivity index (χ2v) is 7.44. The molecule has 2 aliphatic heterocycles. The Hall–Kier alpha value is -1.86. The van der Waals surface area contributed by atoms with E-state index in [4.69, 9.17) is 4.99 Å². The summed E-state index contributed by atoms with van der Waals surface area (Å²) in [6.45, 7) is 7.11. The Morgan fingerprint density at radius 1 is 1.48 bits per heavy atom. The zero-order valence-electron chi connectivity index (χ0n) is 14.0. The molecule has 2 heterocycles. The monoisotopic (exact) mass is 362 g/mol. The molecule has 0 radical (unpaired) electrons. The quantitative estimate of drug-likeness (QED) is 0.750. The summed E-state index contributed by atoms with van der Waals surface area (Å²) in [6, 6.07) is 6.61. The summed E-state index contributed by atoms with van der Waals surface area (Å²) < 4.78 is 26.6. The first kappa shape index (κ1) is 17.9. The van der Waals surface area contributed by atoms with E-state index in [9.17, 15) is 8.78 Å². The van der Waals surface area contributed by atoms with Crippen molar-refractivity contribution in [2.24, 2.45) is 20.9 Å². The van der Waals surface area contributed by atoms with Gasteiger partial charge < -0.3 is 0 Å². The van der Waals surface area contributed by atoms with Crippen molar-refractivity contribution in [3.63, 3.8) is 0 Å². The van der Waals surface area contributed by atoms with Gasteiger partial charge in [-0.05, 0) is 31.3 Å². The fraction of sp³-hybridized carbons (Fsp3) is 0.389. The van der Waals surface area contributed by atoms with Crippen LogP contribution in [0.3, 0.4) is 0 Å². The number of hydrogen-bond donors (Lipinski definition) is 0. The Morgan fingerprint density at radius 3 is 2.96 bits per heavy atom. The largest absolute Gasteiger partial charge is 0.281 e. The van der Waals surface area contributed by atoms with Crippen molar-refractivity contribution >= 4 is 29.7 Å². The van der Waals surface area contributed by atoms with E-state index in [0.29, 0.717) is 19.1 Å². The summed E-state index contributed by atoms with van der Waals surface area (Å²) in [6.07, 6.45) is 2.18. The maximum atomic E-state index is 13.3. The molecule has 0 bridgehead atoms. The van der Waals surface area contributed by atoms with E-state index in [1.165, 1.54) is 12.1 Å². The van der Waals surface area contributed by atoms with Crippen LogP contribution in [0.5, 0.6) is 0 Å². The predicted molar refractivity (Wildman–Crippen MR) is 101 cm³/mol. The summed E-state index contributed by atoms with van der Waals surface area (Å²) in [5, 5.41) is 1.04. The number of thioether (sulfide) groups is 1. The van der Waals surface area contributed by atoms with Gasteiger partial charge in [-0.15, -0.1) is 11.8 Å². The van der Waals surface area contributed by atoms with Crippen LogP contribution < -0.4 is 0 Å². The number of allylic oxidation sites excluding steroid dienone is 1. The lowest BCUT2D eigenvalue weighted by atomic mass is 9.82. The van der Waals surface area contributed by atoms with Crippen molar-refractivity contribution in [2.75, 3.05) is 25.5 Å². The molecular weight excluding hydrogens is 342 g/mol. The maximum absolute atomic E-state index is 13.3. The lowest BCUT2D eigenvalue weighted by molar-refractivity contribution is 0.323. The molecule has 2 atom stereocenters. The summed E-state index contributed by atoms with van der Waals surface area (Å²) in [5.41, 5.74) is 0.641. The summed E-state index contributed by atoms with van der Waals surface area (Å²) in [4.78, 5) is 14.6. The molecule has 1 aromatic carbocycles. The molecule has 0 spiro atoms. The number of rotatable bonds is 5. The zero-order valence-corrected chi connectivity index (χ0v) is 14.8. The van der Waals surface area contributed by atoms with Crippen LogP contribution in [0.4, 0.5) is 8.78 Å². The lowest BCUT2D eigenvalue weighted by Crippen LogP contribution is -2.38. The molecule has 2 aliphatic rings. The van der Waals surface area contributed by atoms with Crippen molar-refractivity contribution < 1.29 is 8.78 Å². The fourth-order valence-electron chi connectivity index (χ4n) is 3.45. The van der Waals surface area contributed by atoms with Gasteiger partial charge in [0.05, 0.1) is 24.1 Å². The normalized spacial score (nSPS) is 27.4. The van der Waals surface area contributed by atoms with Crippen LogP contribution in [0, 0.1) is 11.7 Å². The topological polar surface area (TPSA) is 40.3 Å². The van der Waals surface area contributed by atoms with Crippen molar-refractivity contribution in [1.29, 1.82) is 0 Å². The van der Waals surface area contributed by atoms with Crippen LogP contribution in [-0.2, 0) is 5.54 Å². The highest BCUT2D eigenvalue weighted by molar-refractivity contribution is 8.13. The molecule has 25 heavy (non-hydrogen) atoms. The summed E-state index contributed by atoms with van der Waals surface area (Å²) in [7, 11) is 0. The van der Waals surface area contributed by atoms with E-state index in [1.54, 1.807) is 11.8 Å². The molecule has 132 valence electrons. The highest BCUT2D eigenvalue weighted by Gasteiger charge is 2.49. The van der Waals surface area contributed by atoms with Crippen LogP contribution in [-0.4, -0.2) is 48.4 Å². The van der Waals surface area contributed by atoms with E-state index in [2.05, 4.69) is 21.6 Å². The van der Waals surface area contributed by atoms with Gasteiger partial charge in [-0.3, -0.25) is 19.9 Å². The maximum Gasteiger partial charge on any atom is 0.159 e. The minimum Gasteiger partial charge on any atom is -0.281 e. The molecule has 3 rings (SSSR count). The number of likely N-dealkylation sites (tertiary alicyclic amines) is 1. The van der Waals surface area contributed by atoms with E-state index >= 15 is 0 Å². The lowest BCUT2D eigenvalue weighted by Gasteiger charge is -2.35. The van der Waals surface area contributed by atoms with Crippen molar-refractivity contribution in [3.8, 4) is 0 Å². The molecule has 1 saturated heterocycles. The number of benzene rings is 1. The molecule has 0 N–H and O–H groups in total. The molecule has 0 aliphatic carbocycles. The van der Waals surface area contributed by atoms with E-state index < -0.39 is 5.83 Å². The third kappa shape index (κ3) is 3.88. The van der Waals surface area contributed by atoms with E-state index in [-0.39, 0.29) is 11.4 Å². The zero-order chi connectivity index (χ0) is 17.9. The van der Waals surface area contributed by atoms with E-state index in [0.717, 1.165) is 35.3 Å². The van der Waals surface area contributed by atoms with Gasteiger partial charge >= 0.3 is 0 Å². The minimum atomic E-state index is -0.524. The fourth-order valence-corrected chi connectivity index (χ4v) is 4.50. The third-order valence-corrected chi connectivity index (χ3v) is 5.60. The highest BCUT2D eigenvalue weighted by atomic mass is 32.2. The molecule has 2 unspecified atom stereocenters. The first-order chi connectivity index (χ1) is 12.0. The van der Waals surface area contributed by atoms with Crippen molar-refractivity contribution in [2.45, 2.75) is 12.5 Å². The van der Waals surface area contributed by atoms with Gasteiger partial charge in [-0.1, -0.05) is 12.1 Å². The van der Waals surface area contributed by atoms with Gasteiger partial charge in [-0.2, -0.15) is 0 Å². The number of fused-ring (bicyclic) bond motifs is 1. The summed E-state index contributed by atoms with van der Waals surface area (Å²) in [5.74, 6) is 0.503. The Morgan fingerprint density at radius 2 is 2.24 bits per heavy atom. The van der Waals surface area contributed by atoms with Gasteiger partial charge in [0.25, 0.3) is 0 Å². The van der Waals surface area contributed by atoms with Crippen LogP contribution in [0.25, 0.3) is 0 Å². The van der Waals surface area contributed by atoms with Crippen LogP contribution >= 0.6 is 11.8 Å². The molecular formula is C18H20F2N4S. The molecule has 4 nitrogen and oxygen atoms in total.